The van der Waals surface area contributed by atoms with Crippen LogP contribution in [0.4, 0.5) is 5.69 Å². The van der Waals surface area contributed by atoms with Crippen LogP contribution in [0.1, 0.15) is 19.4 Å². The van der Waals surface area contributed by atoms with E-state index in [1.165, 1.54) is 18.3 Å². The Morgan fingerprint density at radius 3 is 2.62 bits per heavy atom. The molecule has 0 aliphatic rings. The van der Waals surface area contributed by atoms with E-state index in [2.05, 4.69) is 4.99 Å². The molecule has 0 unspecified atom stereocenters. The predicted molar refractivity (Wildman–Crippen MR) is 97.3 cm³/mol. The number of aromatic hydroxyl groups is 1. The zero-order chi connectivity index (χ0) is 17.9. The molecule has 0 fully saturated rings. The van der Waals surface area contributed by atoms with Crippen LogP contribution in [-0.4, -0.2) is 17.3 Å². The van der Waals surface area contributed by atoms with E-state index in [1.807, 2.05) is 0 Å². The van der Waals surface area contributed by atoms with E-state index in [0.717, 1.165) is 0 Å². The monoisotopic (exact) mass is 385 g/mol. The molecule has 1 N–H and O–H groups in total. The van der Waals surface area contributed by atoms with Gasteiger partial charge in [-0.05, 0) is 18.2 Å². The molecule has 2 aromatic rings. The number of rotatable bonds is 4. The molecule has 0 aliphatic carbocycles. The molecule has 0 atom stereocenters. The molecule has 0 saturated carbocycles. The van der Waals surface area contributed by atoms with Crippen LogP contribution in [0.2, 0.25) is 15.1 Å². The maximum Gasteiger partial charge on any atom is 0.313 e. The zero-order valence-corrected chi connectivity index (χ0v) is 15.2. The lowest BCUT2D eigenvalue weighted by atomic mass is 10.2. The van der Waals surface area contributed by atoms with Crippen molar-refractivity contribution in [3.8, 4) is 11.5 Å². The molecule has 2 aromatic carbocycles. The number of carbonyl (C=O) groups is 1. The van der Waals surface area contributed by atoms with Crippen molar-refractivity contribution in [1.29, 1.82) is 0 Å². The molecule has 4 nitrogen and oxygen atoms in total. The lowest BCUT2D eigenvalue weighted by Gasteiger charge is -2.10. The fourth-order valence-corrected chi connectivity index (χ4v) is 2.29. The Balaban J connectivity index is 2.37. The standard InChI is InChI=1S/C17H14Cl3NO3/c1-9(2)17(23)24-14-7-11(18)6-10(16(14)22)8-21-13-5-3-4-12(19)15(13)20/h3-9,22H,1-2H3. The highest BCUT2D eigenvalue weighted by Gasteiger charge is 2.16. The number of esters is 1. The lowest BCUT2D eigenvalue weighted by Crippen LogP contribution is -2.15. The van der Waals surface area contributed by atoms with Gasteiger partial charge in [0.15, 0.2) is 11.5 Å². The van der Waals surface area contributed by atoms with Crippen molar-refractivity contribution in [2.24, 2.45) is 10.9 Å². The van der Waals surface area contributed by atoms with Crippen molar-refractivity contribution in [2.75, 3.05) is 0 Å². The Morgan fingerprint density at radius 1 is 1.25 bits per heavy atom. The number of ether oxygens (including phenoxy) is 1. The summed E-state index contributed by atoms with van der Waals surface area (Å²) in [5.74, 6) is -1.09. The first-order chi connectivity index (χ1) is 11.3. The van der Waals surface area contributed by atoms with Crippen LogP contribution < -0.4 is 4.74 Å². The maximum absolute atomic E-state index is 11.7. The molecule has 7 heteroatoms. The fraction of sp³-hybridized carbons (Fsp3) is 0.176. The second kappa shape index (κ2) is 7.88. The van der Waals surface area contributed by atoms with Crippen LogP contribution in [0.15, 0.2) is 35.3 Å². The van der Waals surface area contributed by atoms with Crippen molar-refractivity contribution < 1.29 is 14.6 Å². The largest absolute Gasteiger partial charge is 0.504 e. The molecule has 0 aromatic heterocycles. The second-order valence-electron chi connectivity index (χ2n) is 5.25. The number of carbonyl (C=O) groups excluding carboxylic acids is 1. The highest BCUT2D eigenvalue weighted by molar-refractivity contribution is 6.43. The molecule has 0 radical (unpaired) electrons. The smallest absolute Gasteiger partial charge is 0.313 e. The number of nitrogens with zero attached hydrogens (tertiary/aromatic N) is 1. The lowest BCUT2D eigenvalue weighted by molar-refractivity contribution is -0.137. The molecule has 0 heterocycles. The van der Waals surface area contributed by atoms with Gasteiger partial charge in [-0.15, -0.1) is 0 Å². The Kier molecular flexibility index (Phi) is 6.10. The topological polar surface area (TPSA) is 58.9 Å². The Hall–Kier alpha value is -1.75. The average molecular weight is 387 g/mol. The van der Waals surface area contributed by atoms with Gasteiger partial charge in [0, 0.05) is 22.9 Å². The Labute approximate surface area is 154 Å². The first kappa shape index (κ1) is 18.6. The molecule has 0 spiro atoms. The van der Waals surface area contributed by atoms with Crippen molar-refractivity contribution in [2.45, 2.75) is 13.8 Å². The van der Waals surface area contributed by atoms with Gasteiger partial charge in [0.25, 0.3) is 0 Å². The molecular formula is C17H14Cl3NO3. The average Bonchev–Trinajstić information content (AvgIpc) is 2.52. The summed E-state index contributed by atoms with van der Waals surface area (Å²) in [6.07, 6.45) is 1.37. The summed E-state index contributed by atoms with van der Waals surface area (Å²) in [7, 11) is 0. The van der Waals surface area contributed by atoms with E-state index in [9.17, 15) is 9.90 Å². The maximum atomic E-state index is 11.7. The number of phenols is 1. The summed E-state index contributed by atoms with van der Waals surface area (Å²) in [5, 5.41) is 11.2. The predicted octanol–water partition coefficient (Wildman–Crippen LogP) is 5.66. The van der Waals surface area contributed by atoms with Gasteiger partial charge >= 0.3 is 5.97 Å². The van der Waals surface area contributed by atoms with E-state index < -0.39 is 5.97 Å². The van der Waals surface area contributed by atoms with Crippen molar-refractivity contribution >= 4 is 52.7 Å². The highest BCUT2D eigenvalue weighted by atomic mass is 35.5. The number of phenolic OH excluding ortho intramolecular Hbond substituents is 1. The van der Waals surface area contributed by atoms with Crippen LogP contribution in [0, 0.1) is 5.92 Å². The van der Waals surface area contributed by atoms with Gasteiger partial charge in [0.1, 0.15) is 0 Å². The molecule has 0 bridgehead atoms. The van der Waals surface area contributed by atoms with Crippen LogP contribution >= 0.6 is 34.8 Å². The van der Waals surface area contributed by atoms with Crippen LogP contribution in [-0.2, 0) is 4.79 Å². The third kappa shape index (κ3) is 4.41. The van der Waals surface area contributed by atoms with E-state index in [0.29, 0.717) is 15.7 Å². The summed E-state index contributed by atoms with van der Waals surface area (Å²) in [4.78, 5) is 15.9. The van der Waals surface area contributed by atoms with Crippen molar-refractivity contribution in [3.63, 3.8) is 0 Å². The third-order valence-corrected chi connectivity index (χ3v) is 4.05. The summed E-state index contributed by atoms with van der Waals surface area (Å²) >= 11 is 18.0. The van der Waals surface area contributed by atoms with Gasteiger partial charge in [0.05, 0.1) is 21.7 Å². The zero-order valence-electron chi connectivity index (χ0n) is 12.9. The quantitative estimate of drug-likeness (QED) is 0.419. The number of benzene rings is 2. The van der Waals surface area contributed by atoms with Crippen molar-refractivity contribution in [1.82, 2.24) is 0 Å². The summed E-state index contributed by atoms with van der Waals surface area (Å²) in [6, 6.07) is 7.87. The first-order valence-electron chi connectivity index (χ1n) is 7.02. The van der Waals surface area contributed by atoms with Gasteiger partial charge in [-0.2, -0.15) is 0 Å². The number of halogens is 3. The van der Waals surface area contributed by atoms with E-state index >= 15 is 0 Å². The third-order valence-electron chi connectivity index (χ3n) is 3.03. The molecule has 0 amide bonds. The molecule has 24 heavy (non-hydrogen) atoms. The molecule has 126 valence electrons. The number of hydrogen-bond acceptors (Lipinski definition) is 4. The second-order valence-corrected chi connectivity index (χ2v) is 6.47. The molecular weight excluding hydrogens is 373 g/mol. The minimum atomic E-state index is -0.478. The first-order valence-corrected chi connectivity index (χ1v) is 8.15. The van der Waals surface area contributed by atoms with E-state index in [4.69, 9.17) is 39.5 Å². The summed E-state index contributed by atoms with van der Waals surface area (Å²) in [6.45, 7) is 3.38. The van der Waals surface area contributed by atoms with Gasteiger partial charge in [0.2, 0.25) is 0 Å². The normalized spacial score (nSPS) is 11.2. The van der Waals surface area contributed by atoms with Gasteiger partial charge < -0.3 is 9.84 Å². The SMILES string of the molecule is CC(C)C(=O)Oc1cc(Cl)cc(C=Nc2cccc(Cl)c2Cl)c1O. The number of aliphatic imine (C=N–C) groups is 1. The van der Waals surface area contributed by atoms with Gasteiger partial charge in [-0.3, -0.25) is 9.79 Å². The molecule has 0 saturated heterocycles. The van der Waals surface area contributed by atoms with Crippen LogP contribution in [0.5, 0.6) is 11.5 Å². The summed E-state index contributed by atoms with van der Waals surface area (Å²) < 4.78 is 5.14. The highest BCUT2D eigenvalue weighted by Crippen LogP contribution is 2.35. The van der Waals surface area contributed by atoms with E-state index in [-0.39, 0.29) is 28.0 Å². The van der Waals surface area contributed by atoms with Gasteiger partial charge in [-0.25, -0.2) is 0 Å². The van der Waals surface area contributed by atoms with Crippen LogP contribution in [0.3, 0.4) is 0 Å². The van der Waals surface area contributed by atoms with E-state index in [1.54, 1.807) is 32.0 Å². The Morgan fingerprint density at radius 2 is 1.96 bits per heavy atom. The minimum Gasteiger partial charge on any atom is -0.504 e. The minimum absolute atomic E-state index is 0.0279. The summed E-state index contributed by atoms with van der Waals surface area (Å²) in [5.41, 5.74) is 0.717. The van der Waals surface area contributed by atoms with Gasteiger partial charge in [-0.1, -0.05) is 54.7 Å². The van der Waals surface area contributed by atoms with Crippen molar-refractivity contribution in [3.05, 3.63) is 51.0 Å². The Bertz CT molecular complexity index is 804. The number of hydrogen-bond donors (Lipinski definition) is 1. The molecule has 0 aliphatic heterocycles. The van der Waals surface area contributed by atoms with Crippen LogP contribution in [0.25, 0.3) is 0 Å². The molecule has 2 rings (SSSR count). The fourth-order valence-electron chi connectivity index (χ4n) is 1.73.